The van der Waals surface area contributed by atoms with Crippen LogP contribution in [-0.2, 0) is 0 Å². The first kappa shape index (κ1) is 16.0. The van der Waals surface area contributed by atoms with Gasteiger partial charge in [-0.15, -0.1) is 0 Å². The predicted molar refractivity (Wildman–Crippen MR) is 89.8 cm³/mol. The van der Waals surface area contributed by atoms with Crippen molar-refractivity contribution in [3.8, 4) is 5.75 Å². The van der Waals surface area contributed by atoms with Gasteiger partial charge in [0, 0.05) is 22.4 Å². The largest absolute Gasteiger partial charge is 0.496 e. The van der Waals surface area contributed by atoms with Gasteiger partial charge in [0.1, 0.15) is 5.75 Å². The monoisotopic (exact) mass is 348 g/mol. The Balaban J connectivity index is 2.45. The lowest BCUT2D eigenvalue weighted by molar-refractivity contribution is 0.403. The van der Waals surface area contributed by atoms with E-state index >= 15 is 0 Å². The quantitative estimate of drug-likeness (QED) is 0.847. The summed E-state index contributed by atoms with van der Waals surface area (Å²) in [6, 6.07) is 8.39. The standard InChI is InChI=1S/C17H21BrN2O/c1-4-7-20-17(13-8-12(2)10-19-11-13)15-6-5-14(18)9-16(15)21-3/h5-6,8-11,17,20H,4,7H2,1-3H3. The Morgan fingerprint density at radius 2 is 2.10 bits per heavy atom. The van der Waals surface area contributed by atoms with Crippen LogP contribution in [0.1, 0.15) is 36.1 Å². The molecule has 1 N–H and O–H groups in total. The number of methoxy groups -OCH3 is 1. The number of aromatic nitrogens is 1. The first-order valence-electron chi connectivity index (χ1n) is 7.14. The highest BCUT2D eigenvalue weighted by molar-refractivity contribution is 9.10. The van der Waals surface area contributed by atoms with Gasteiger partial charge in [0.15, 0.2) is 0 Å². The Kier molecular flexibility index (Phi) is 5.76. The van der Waals surface area contributed by atoms with Crippen LogP contribution in [0.25, 0.3) is 0 Å². The topological polar surface area (TPSA) is 34.2 Å². The molecule has 3 nitrogen and oxygen atoms in total. The van der Waals surface area contributed by atoms with Crippen molar-refractivity contribution >= 4 is 15.9 Å². The van der Waals surface area contributed by atoms with Crippen molar-refractivity contribution in [3.05, 3.63) is 57.8 Å². The highest BCUT2D eigenvalue weighted by atomic mass is 79.9. The molecule has 2 aromatic rings. The Labute approximate surface area is 134 Å². The number of benzene rings is 1. The van der Waals surface area contributed by atoms with Crippen molar-refractivity contribution in [1.29, 1.82) is 0 Å². The smallest absolute Gasteiger partial charge is 0.125 e. The summed E-state index contributed by atoms with van der Waals surface area (Å²) in [6.45, 7) is 5.17. The highest BCUT2D eigenvalue weighted by Gasteiger charge is 2.18. The maximum absolute atomic E-state index is 5.55. The van der Waals surface area contributed by atoms with Crippen molar-refractivity contribution in [2.24, 2.45) is 0 Å². The number of pyridine rings is 1. The molecule has 1 atom stereocenters. The molecule has 112 valence electrons. The predicted octanol–water partition coefficient (Wildman–Crippen LogP) is 4.25. The Hall–Kier alpha value is -1.39. The Morgan fingerprint density at radius 3 is 2.76 bits per heavy atom. The van der Waals surface area contributed by atoms with E-state index in [-0.39, 0.29) is 6.04 Å². The van der Waals surface area contributed by atoms with E-state index in [4.69, 9.17) is 4.74 Å². The van der Waals surface area contributed by atoms with E-state index in [9.17, 15) is 0 Å². The molecule has 1 aromatic carbocycles. The number of hydrogen-bond acceptors (Lipinski definition) is 3. The van der Waals surface area contributed by atoms with E-state index in [1.165, 1.54) is 0 Å². The molecular formula is C17H21BrN2O. The molecule has 0 aliphatic rings. The molecule has 1 aromatic heterocycles. The number of ether oxygens (including phenoxy) is 1. The minimum absolute atomic E-state index is 0.0837. The summed E-state index contributed by atoms with van der Waals surface area (Å²) >= 11 is 3.49. The van der Waals surface area contributed by atoms with Crippen LogP contribution in [0.3, 0.4) is 0 Å². The number of hydrogen-bond donors (Lipinski definition) is 1. The first-order valence-corrected chi connectivity index (χ1v) is 7.93. The number of nitrogens with one attached hydrogen (secondary N) is 1. The normalized spacial score (nSPS) is 12.2. The maximum atomic E-state index is 5.55. The van der Waals surface area contributed by atoms with Crippen molar-refractivity contribution in [3.63, 3.8) is 0 Å². The summed E-state index contributed by atoms with van der Waals surface area (Å²) in [7, 11) is 1.71. The molecule has 0 aliphatic heterocycles. The second kappa shape index (κ2) is 7.57. The molecule has 21 heavy (non-hydrogen) atoms. The molecule has 0 amide bonds. The fraction of sp³-hybridized carbons (Fsp3) is 0.353. The molecule has 1 heterocycles. The van der Waals surface area contributed by atoms with Crippen LogP contribution in [0.2, 0.25) is 0 Å². The number of aryl methyl sites for hydroxylation is 1. The molecule has 1 unspecified atom stereocenters. The summed E-state index contributed by atoms with van der Waals surface area (Å²) in [6.07, 6.45) is 4.87. The van der Waals surface area contributed by atoms with E-state index in [0.717, 1.165) is 39.9 Å². The van der Waals surface area contributed by atoms with Crippen molar-refractivity contribution < 1.29 is 4.74 Å². The summed E-state index contributed by atoms with van der Waals surface area (Å²) in [5.41, 5.74) is 3.44. The Morgan fingerprint density at radius 1 is 1.29 bits per heavy atom. The third-order valence-corrected chi connectivity index (χ3v) is 3.83. The zero-order valence-corrected chi connectivity index (χ0v) is 14.3. The van der Waals surface area contributed by atoms with E-state index in [1.54, 1.807) is 7.11 Å². The fourth-order valence-electron chi connectivity index (χ4n) is 2.36. The van der Waals surface area contributed by atoms with E-state index in [0.29, 0.717) is 0 Å². The van der Waals surface area contributed by atoms with Crippen molar-refractivity contribution in [2.45, 2.75) is 26.3 Å². The van der Waals surface area contributed by atoms with Gasteiger partial charge in [-0.05, 0) is 43.1 Å². The SMILES string of the molecule is CCCNC(c1cncc(C)c1)c1ccc(Br)cc1OC. The molecule has 0 fully saturated rings. The summed E-state index contributed by atoms with van der Waals surface area (Å²) in [5.74, 6) is 0.875. The minimum Gasteiger partial charge on any atom is -0.496 e. The zero-order valence-electron chi connectivity index (χ0n) is 12.7. The third-order valence-electron chi connectivity index (χ3n) is 3.33. The lowest BCUT2D eigenvalue weighted by Gasteiger charge is -2.22. The fourth-order valence-corrected chi connectivity index (χ4v) is 2.70. The molecular weight excluding hydrogens is 328 g/mol. The summed E-state index contributed by atoms with van der Waals surface area (Å²) < 4.78 is 6.56. The van der Waals surface area contributed by atoms with Gasteiger partial charge < -0.3 is 10.1 Å². The average molecular weight is 349 g/mol. The van der Waals surface area contributed by atoms with Gasteiger partial charge in [-0.1, -0.05) is 35.0 Å². The molecule has 4 heteroatoms. The molecule has 0 saturated heterocycles. The van der Waals surface area contributed by atoms with Crippen LogP contribution >= 0.6 is 15.9 Å². The molecule has 0 bridgehead atoms. The van der Waals surface area contributed by atoms with Gasteiger partial charge in [-0.3, -0.25) is 4.98 Å². The van der Waals surface area contributed by atoms with E-state index < -0.39 is 0 Å². The summed E-state index contributed by atoms with van der Waals surface area (Å²) in [4.78, 5) is 4.32. The van der Waals surface area contributed by atoms with E-state index in [1.807, 2.05) is 24.5 Å². The van der Waals surface area contributed by atoms with Crippen LogP contribution in [0.15, 0.2) is 41.1 Å². The molecule has 2 rings (SSSR count). The van der Waals surface area contributed by atoms with Crippen LogP contribution < -0.4 is 10.1 Å². The molecule has 0 spiro atoms. The number of halogens is 1. The second-order valence-corrected chi connectivity index (χ2v) is 5.98. The van der Waals surface area contributed by atoms with Gasteiger partial charge >= 0.3 is 0 Å². The average Bonchev–Trinajstić information content (AvgIpc) is 2.49. The van der Waals surface area contributed by atoms with Crippen LogP contribution in [0.5, 0.6) is 5.75 Å². The van der Waals surface area contributed by atoms with Crippen molar-refractivity contribution in [1.82, 2.24) is 10.3 Å². The number of rotatable bonds is 6. The number of nitrogens with zero attached hydrogens (tertiary/aromatic N) is 1. The lowest BCUT2D eigenvalue weighted by Crippen LogP contribution is -2.24. The molecule has 0 aliphatic carbocycles. The maximum Gasteiger partial charge on any atom is 0.125 e. The van der Waals surface area contributed by atoms with Crippen LogP contribution in [-0.4, -0.2) is 18.6 Å². The summed E-state index contributed by atoms with van der Waals surface area (Å²) in [5, 5.41) is 3.59. The van der Waals surface area contributed by atoms with Gasteiger partial charge in [-0.25, -0.2) is 0 Å². The van der Waals surface area contributed by atoms with Gasteiger partial charge in [0.2, 0.25) is 0 Å². The Bertz CT molecular complexity index is 601. The third kappa shape index (κ3) is 4.05. The van der Waals surface area contributed by atoms with Gasteiger partial charge in [0.05, 0.1) is 13.2 Å². The van der Waals surface area contributed by atoms with Crippen LogP contribution in [0.4, 0.5) is 0 Å². The highest BCUT2D eigenvalue weighted by Crippen LogP contribution is 2.32. The first-order chi connectivity index (χ1) is 10.2. The van der Waals surface area contributed by atoms with Crippen molar-refractivity contribution in [2.75, 3.05) is 13.7 Å². The zero-order chi connectivity index (χ0) is 15.2. The lowest BCUT2D eigenvalue weighted by atomic mass is 9.98. The van der Waals surface area contributed by atoms with E-state index in [2.05, 4.69) is 52.2 Å². The second-order valence-electron chi connectivity index (χ2n) is 5.07. The molecule has 0 saturated carbocycles. The van der Waals surface area contributed by atoms with Crippen LogP contribution in [0, 0.1) is 6.92 Å². The van der Waals surface area contributed by atoms with Gasteiger partial charge in [0.25, 0.3) is 0 Å². The minimum atomic E-state index is 0.0837. The van der Waals surface area contributed by atoms with Gasteiger partial charge in [-0.2, -0.15) is 0 Å². The molecule has 0 radical (unpaired) electrons.